The number of furan rings is 1. The molecule has 3 rings (SSSR count). The number of hydrogen-bond donors (Lipinski definition) is 2. The first-order valence-corrected chi connectivity index (χ1v) is 7.27. The predicted octanol–water partition coefficient (Wildman–Crippen LogP) is 3.69. The second-order valence-corrected chi connectivity index (χ2v) is 5.23. The molecule has 7 nitrogen and oxygen atoms in total. The fourth-order valence-electron chi connectivity index (χ4n) is 2.54. The highest BCUT2D eigenvalue weighted by molar-refractivity contribution is 5.95. The van der Waals surface area contributed by atoms with Crippen molar-refractivity contribution in [2.24, 2.45) is 0 Å². The Balaban J connectivity index is 1.74. The topological polar surface area (TPSA) is 106 Å². The number of fused-ring (bicyclic) bond motifs is 1. The van der Waals surface area contributed by atoms with Crippen LogP contribution in [0.2, 0.25) is 0 Å². The van der Waals surface area contributed by atoms with E-state index < -0.39 is 10.9 Å². The molecule has 0 unspecified atom stereocenters. The number of non-ortho nitro benzene ring substituents is 1. The van der Waals surface area contributed by atoms with E-state index >= 15 is 0 Å². The maximum atomic E-state index is 11.3. The molecule has 0 saturated heterocycles. The maximum absolute atomic E-state index is 11.3. The second-order valence-electron chi connectivity index (χ2n) is 5.23. The van der Waals surface area contributed by atoms with Crippen molar-refractivity contribution in [1.82, 2.24) is 0 Å². The van der Waals surface area contributed by atoms with Gasteiger partial charge in [0, 0.05) is 29.8 Å². The Labute approximate surface area is 136 Å². The van der Waals surface area contributed by atoms with Crippen LogP contribution in [0.5, 0.6) is 0 Å². The van der Waals surface area contributed by atoms with E-state index in [1.54, 1.807) is 6.26 Å². The zero-order valence-corrected chi connectivity index (χ0v) is 12.6. The number of aromatic carboxylic acids is 1. The summed E-state index contributed by atoms with van der Waals surface area (Å²) in [6.45, 7) is 0.474. The third-order valence-electron chi connectivity index (χ3n) is 3.72. The van der Waals surface area contributed by atoms with Gasteiger partial charge in [-0.05, 0) is 24.1 Å². The number of carboxylic acids is 1. The molecule has 0 radical (unpaired) electrons. The van der Waals surface area contributed by atoms with E-state index in [0.29, 0.717) is 18.7 Å². The Kier molecular flexibility index (Phi) is 4.15. The van der Waals surface area contributed by atoms with Crippen molar-refractivity contribution in [3.63, 3.8) is 0 Å². The molecule has 0 aliphatic heterocycles. The Morgan fingerprint density at radius 3 is 2.79 bits per heavy atom. The minimum atomic E-state index is -1.21. The van der Waals surface area contributed by atoms with Gasteiger partial charge in [0.1, 0.15) is 5.58 Å². The van der Waals surface area contributed by atoms with Crippen LogP contribution in [0.15, 0.2) is 53.1 Å². The Bertz CT molecular complexity index is 916. The second kappa shape index (κ2) is 6.41. The summed E-state index contributed by atoms with van der Waals surface area (Å²) in [5, 5.41) is 24.0. The van der Waals surface area contributed by atoms with E-state index in [1.165, 1.54) is 12.1 Å². The minimum absolute atomic E-state index is 0.124. The van der Waals surface area contributed by atoms with Gasteiger partial charge in [-0.2, -0.15) is 0 Å². The molecule has 0 amide bonds. The molecule has 3 aromatic rings. The van der Waals surface area contributed by atoms with Crippen LogP contribution < -0.4 is 5.32 Å². The number of nitro benzene ring substituents is 1. The largest absolute Gasteiger partial charge is 0.478 e. The number of carbonyl (C=O) groups is 1. The van der Waals surface area contributed by atoms with E-state index in [1.807, 2.05) is 24.3 Å². The van der Waals surface area contributed by atoms with E-state index in [4.69, 9.17) is 4.42 Å². The molecule has 0 atom stereocenters. The molecule has 1 heterocycles. The average molecular weight is 326 g/mol. The van der Waals surface area contributed by atoms with Crippen molar-refractivity contribution in [3.8, 4) is 0 Å². The van der Waals surface area contributed by atoms with Crippen molar-refractivity contribution in [2.45, 2.75) is 6.42 Å². The summed E-state index contributed by atoms with van der Waals surface area (Å²) in [7, 11) is 0. The van der Waals surface area contributed by atoms with Crippen LogP contribution in [0, 0.1) is 10.1 Å². The van der Waals surface area contributed by atoms with E-state index in [9.17, 15) is 20.0 Å². The Morgan fingerprint density at radius 2 is 2.04 bits per heavy atom. The number of nitro groups is 1. The number of nitrogens with zero attached hydrogens (tertiary/aromatic N) is 1. The lowest BCUT2D eigenvalue weighted by Gasteiger charge is -2.09. The molecule has 24 heavy (non-hydrogen) atoms. The van der Waals surface area contributed by atoms with Crippen LogP contribution in [0.4, 0.5) is 11.4 Å². The van der Waals surface area contributed by atoms with Gasteiger partial charge in [-0.3, -0.25) is 10.1 Å². The first-order valence-electron chi connectivity index (χ1n) is 7.27. The smallest absolute Gasteiger partial charge is 0.338 e. The van der Waals surface area contributed by atoms with Crippen molar-refractivity contribution in [2.75, 3.05) is 11.9 Å². The molecule has 0 spiro atoms. The van der Waals surface area contributed by atoms with Crippen LogP contribution in [-0.2, 0) is 6.42 Å². The Morgan fingerprint density at radius 1 is 1.25 bits per heavy atom. The van der Waals surface area contributed by atoms with Gasteiger partial charge in [-0.15, -0.1) is 0 Å². The molecule has 0 aliphatic carbocycles. The third-order valence-corrected chi connectivity index (χ3v) is 3.72. The summed E-state index contributed by atoms with van der Waals surface area (Å²) in [6.07, 6.45) is 2.31. The van der Waals surface area contributed by atoms with Gasteiger partial charge in [0.15, 0.2) is 0 Å². The van der Waals surface area contributed by atoms with Gasteiger partial charge in [0.05, 0.1) is 16.7 Å². The van der Waals surface area contributed by atoms with Crippen LogP contribution in [-0.4, -0.2) is 22.5 Å². The monoisotopic (exact) mass is 326 g/mol. The highest BCUT2D eigenvalue weighted by atomic mass is 16.6. The number of hydrogen-bond acceptors (Lipinski definition) is 5. The number of benzene rings is 2. The number of nitrogens with one attached hydrogen (secondary N) is 1. The Hall–Kier alpha value is -3.35. The summed E-state index contributed by atoms with van der Waals surface area (Å²) in [6, 6.07) is 11.4. The zero-order chi connectivity index (χ0) is 17.1. The molecule has 7 heteroatoms. The maximum Gasteiger partial charge on any atom is 0.338 e. The lowest BCUT2D eigenvalue weighted by Crippen LogP contribution is -2.10. The van der Waals surface area contributed by atoms with Gasteiger partial charge < -0.3 is 14.8 Å². The third kappa shape index (κ3) is 3.05. The highest BCUT2D eigenvalue weighted by Gasteiger charge is 2.16. The number of anilines is 1. The summed E-state index contributed by atoms with van der Waals surface area (Å²) in [5.74, 6) is -1.21. The molecule has 0 aliphatic rings. The molecule has 0 bridgehead atoms. The molecule has 2 N–H and O–H groups in total. The van der Waals surface area contributed by atoms with Gasteiger partial charge in [0.25, 0.3) is 5.69 Å². The molecule has 0 fully saturated rings. The average Bonchev–Trinajstić information content (AvgIpc) is 2.98. The number of carboxylic acid groups (broad SMARTS) is 1. The van der Waals surface area contributed by atoms with Gasteiger partial charge >= 0.3 is 5.97 Å². The summed E-state index contributed by atoms with van der Waals surface area (Å²) in [5.41, 5.74) is 1.78. The van der Waals surface area contributed by atoms with E-state index in [0.717, 1.165) is 22.6 Å². The van der Waals surface area contributed by atoms with Crippen molar-refractivity contribution in [1.29, 1.82) is 0 Å². The fraction of sp³-hybridized carbons (Fsp3) is 0.118. The predicted molar refractivity (Wildman–Crippen MR) is 88.5 cm³/mol. The van der Waals surface area contributed by atoms with Crippen molar-refractivity contribution >= 4 is 28.3 Å². The molecular formula is C17H14N2O5. The minimum Gasteiger partial charge on any atom is -0.478 e. The highest BCUT2D eigenvalue weighted by Crippen LogP contribution is 2.24. The lowest BCUT2D eigenvalue weighted by atomic mass is 10.1. The van der Waals surface area contributed by atoms with E-state index in [-0.39, 0.29) is 11.3 Å². The van der Waals surface area contributed by atoms with Crippen LogP contribution in [0.1, 0.15) is 15.9 Å². The standard InChI is InChI=1S/C17H14N2O5/c20-17(21)14-9-12(19(22)23)5-6-15(14)18-8-7-11-10-24-16-4-2-1-3-13(11)16/h1-6,9-10,18H,7-8H2,(H,20,21). The number of para-hydroxylation sites is 1. The molecular weight excluding hydrogens is 312 g/mol. The van der Waals surface area contributed by atoms with Crippen LogP contribution in [0.25, 0.3) is 11.0 Å². The van der Waals surface area contributed by atoms with Crippen LogP contribution >= 0.6 is 0 Å². The van der Waals surface area contributed by atoms with Crippen LogP contribution in [0.3, 0.4) is 0 Å². The summed E-state index contributed by atoms with van der Waals surface area (Å²) < 4.78 is 5.46. The fourth-order valence-corrected chi connectivity index (χ4v) is 2.54. The number of rotatable bonds is 6. The van der Waals surface area contributed by atoms with E-state index in [2.05, 4.69) is 5.32 Å². The zero-order valence-electron chi connectivity index (χ0n) is 12.6. The molecule has 2 aromatic carbocycles. The first-order chi connectivity index (χ1) is 11.6. The van der Waals surface area contributed by atoms with Gasteiger partial charge in [-0.25, -0.2) is 4.79 Å². The molecule has 1 aromatic heterocycles. The van der Waals surface area contributed by atoms with Crippen molar-refractivity contribution in [3.05, 3.63) is 70.0 Å². The SMILES string of the molecule is O=C(O)c1cc([N+](=O)[O-])ccc1NCCc1coc2ccccc12. The van der Waals surface area contributed by atoms with Crippen molar-refractivity contribution < 1.29 is 19.2 Å². The molecule has 122 valence electrons. The first kappa shape index (κ1) is 15.5. The van der Waals surface area contributed by atoms with Gasteiger partial charge in [0.2, 0.25) is 0 Å². The normalized spacial score (nSPS) is 10.7. The summed E-state index contributed by atoms with van der Waals surface area (Å²) in [4.78, 5) is 21.4. The summed E-state index contributed by atoms with van der Waals surface area (Å²) >= 11 is 0. The van der Waals surface area contributed by atoms with Gasteiger partial charge in [-0.1, -0.05) is 18.2 Å². The molecule has 0 saturated carbocycles. The quantitative estimate of drug-likeness (QED) is 0.528. The lowest BCUT2D eigenvalue weighted by molar-refractivity contribution is -0.384.